The van der Waals surface area contributed by atoms with Crippen molar-refractivity contribution in [3.8, 4) is 0 Å². The summed E-state index contributed by atoms with van der Waals surface area (Å²) in [6.07, 6.45) is 0.0795. The van der Waals surface area contributed by atoms with Crippen LogP contribution in [0.15, 0.2) is 0 Å². The van der Waals surface area contributed by atoms with Gasteiger partial charge in [-0.05, 0) is 20.3 Å². The third-order valence-electron chi connectivity index (χ3n) is 3.75. The predicted octanol–water partition coefficient (Wildman–Crippen LogP) is 0.333. The Bertz CT molecular complexity index is 406. The summed E-state index contributed by atoms with van der Waals surface area (Å²) in [4.78, 5) is 0. The van der Waals surface area contributed by atoms with Crippen molar-refractivity contribution in [2.45, 2.75) is 48.1 Å². The molecule has 3 fully saturated rings. The van der Waals surface area contributed by atoms with Gasteiger partial charge in [0.05, 0.1) is 10.9 Å². The first-order valence-electron chi connectivity index (χ1n) is 4.60. The van der Waals surface area contributed by atoms with Crippen LogP contribution in [0, 0.1) is 0 Å². The van der Waals surface area contributed by atoms with Crippen LogP contribution in [-0.4, -0.2) is 36.2 Å². The van der Waals surface area contributed by atoms with Crippen LogP contribution in [0.1, 0.15) is 20.3 Å². The minimum Gasteiger partial charge on any atom is -0.364 e. The number of ether oxygens (including phenoxy) is 1. The van der Waals surface area contributed by atoms with Crippen LogP contribution in [0.5, 0.6) is 0 Å². The van der Waals surface area contributed by atoms with Crippen LogP contribution in [-0.2, 0) is 19.0 Å². The zero-order chi connectivity index (χ0) is 10.4. The maximum absolute atomic E-state index is 11.6. The van der Waals surface area contributed by atoms with Crippen LogP contribution in [0.3, 0.4) is 0 Å². The molecule has 0 aliphatic carbocycles. The van der Waals surface area contributed by atoms with Crippen molar-refractivity contribution in [2.24, 2.45) is 0 Å². The van der Waals surface area contributed by atoms with E-state index in [2.05, 4.69) is 12.6 Å². The summed E-state index contributed by atoms with van der Waals surface area (Å²) in [5.41, 5.74) is -1.13. The summed E-state index contributed by atoms with van der Waals surface area (Å²) < 4.78 is 34.2. The molecular weight excluding hydrogens is 224 g/mol. The Morgan fingerprint density at radius 1 is 1.43 bits per heavy atom. The lowest BCUT2D eigenvalue weighted by atomic mass is 9.81. The SMILES string of the molecule is CC12CC3C(C)(O1)C(OS3(=O)=O)C2S. The number of hydrogen-bond donors (Lipinski definition) is 1. The van der Waals surface area contributed by atoms with E-state index in [1.165, 1.54) is 0 Å². The molecule has 0 spiro atoms. The van der Waals surface area contributed by atoms with E-state index in [4.69, 9.17) is 8.92 Å². The number of thiol groups is 1. The fourth-order valence-corrected chi connectivity index (χ4v) is 5.60. The van der Waals surface area contributed by atoms with Gasteiger partial charge in [0.15, 0.2) is 0 Å². The molecule has 4 nitrogen and oxygen atoms in total. The van der Waals surface area contributed by atoms with Gasteiger partial charge in [-0.3, -0.25) is 4.18 Å². The molecule has 0 saturated carbocycles. The maximum Gasteiger partial charge on any atom is 0.273 e. The zero-order valence-corrected chi connectivity index (χ0v) is 9.64. The van der Waals surface area contributed by atoms with E-state index in [0.717, 1.165) is 0 Å². The van der Waals surface area contributed by atoms with E-state index in [1.54, 1.807) is 0 Å². The lowest BCUT2D eigenvalue weighted by Gasteiger charge is -2.27. The van der Waals surface area contributed by atoms with Crippen molar-refractivity contribution in [1.82, 2.24) is 0 Å². The van der Waals surface area contributed by atoms with Crippen molar-refractivity contribution in [3.05, 3.63) is 0 Å². The minimum atomic E-state index is -3.43. The van der Waals surface area contributed by atoms with Gasteiger partial charge in [0.2, 0.25) is 0 Å². The highest BCUT2D eigenvalue weighted by Gasteiger charge is 2.76. The second-order valence-electron chi connectivity index (χ2n) is 4.75. The largest absolute Gasteiger partial charge is 0.364 e. The minimum absolute atomic E-state index is 0.152. The number of hydrogen-bond acceptors (Lipinski definition) is 5. The molecule has 0 N–H and O–H groups in total. The van der Waals surface area contributed by atoms with Crippen LogP contribution in [0.4, 0.5) is 0 Å². The second kappa shape index (κ2) is 2.16. The first kappa shape index (κ1) is 9.45. The Kier molecular flexibility index (Phi) is 1.46. The Morgan fingerprint density at radius 3 is 2.57 bits per heavy atom. The molecular formula is C8H12O4S2. The number of fused-ring (bicyclic) bond motifs is 1. The molecule has 5 unspecified atom stereocenters. The average molecular weight is 236 g/mol. The summed E-state index contributed by atoms with van der Waals surface area (Å²) in [5, 5.41) is -0.658. The third kappa shape index (κ3) is 0.787. The lowest BCUT2D eigenvalue weighted by molar-refractivity contribution is -0.0389. The molecule has 14 heavy (non-hydrogen) atoms. The molecule has 80 valence electrons. The van der Waals surface area contributed by atoms with E-state index in [0.29, 0.717) is 6.42 Å². The molecule has 6 heteroatoms. The maximum atomic E-state index is 11.6. The van der Waals surface area contributed by atoms with E-state index in [9.17, 15) is 8.42 Å². The summed E-state index contributed by atoms with van der Waals surface area (Å²) >= 11 is 4.40. The predicted molar refractivity (Wildman–Crippen MR) is 52.9 cm³/mol. The molecule has 3 saturated heterocycles. The molecule has 0 aromatic carbocycles. The molecule has 3 aliphatic heterocycles. The smallest absolute Gasteiger partial charge is 0.273 e. The quantitative estimate of drug-likeness (QED) is 0.486. The molecule has 2 bridgehead atoms. The van der Waals surface area contributed by atoms with Crippen molar-refractivity contribution in [2.75, 3.05) is 0 Å². The average Bonchev–Trinajstić information content (AvgIpc) is 2.46. The van der Waals surface area contributed by atoms with Crippen molar-refractivity contribution in [1.29, 1.82) is 0 Å². The van der Waals surface area contributed by atoms with Gasteiger partial charge in [0.1, 0.15) is 17.0 Å². The third-order valence-corrected chi connectivity index (χ3v) is 6.37. The second-order valence-corrected chi connectivity index (χ2v) is 7.05. The van der Waals surface area contributed by atoms with E-state index in [1.807, 2.05) is 13.8 Å². The summed E-state index contributed by atoms with van der Waals surface area (Å²) in [6.45, 7) is 3.72. The highest BCUT2D eigenvalue weighted by molar-refractivity contribution is 7.88. The van der Waals surface area contributed by atoms with E-state index < -0.39 is 32.7 Å². The van der Waals surface area contributed by atoms with Crippen molar-refractivity contribution < 1.29 is 17.3 Å². The van der Waals surface area contributed by atoms with Gasteiger partial charge in [0, 0.05) is 0 Å². The first-order valence-corrected chi connectivity index (χ1v) is 6.59. The van der Waals surface area contributed by atoms with Gasteiger partial charge >= 0.3 is 0 Å². The van der Waals surface area contributed by atoms with Crippen molar-refractivity contribution in [3.63, 3.8) is 0 Å². The standard InChI is InChI=1S/C8H12O4S2/c1-7-3-4-8(2,12-7)5(6(7)13)11-14(4,9)10/h4-6,13H,3H2,1-2H3. The van der Waals surface area contributed by atoms with Gasteiger partial charge in [-0.1, -0.05) is 0 Å². The van der Waals surface area contributed by atoms with Gasteiger partial charge < -0.3 is 4.74 Å². The van der Waals surface area contributed by atoms with Crippen LogP contribution >= 0.6 is 12.6 Å². The highest BCUT2D eigenvalue weighted by atomic mass is 32.2. The van der Waals surface area contributed by atoms with Crippen LogP contribution in [0.25, 0.3) is 0 Å². The highest BCUT2D eigenvalue weighted by Crippen LogP contribution is 2.60. The van der Waals surface area contributed by atoms with E-state index in [-0.39, 0.29) is 5.25 Å². The Morgan fingerprint density at radius 2 is 2.07 bits per heavy atom. The van der Waals surface area contributed by atoms with Gasteiger partial charge in [-0.15, -0.1) is 0 Å². The van der Waals surface area contributed by atoms with E-state index >= 15 is 0 Å². The molecule has 0 aromatic rings. The zero-order valence-electron chi connectivity index (χ0n) is 7.93. The Balaban J connectivity index is 2.21. The molecule has 0 radical (unpaired) electrons. The van der Waals surface area contributed by atoms with Crippen molar-refractivity contribution >= 4 is 22.7 Å². The summed E-state index contributed by atoms with van der Waals surface area (Å²) in [6, 6.07) is 0. The Hall–Kier alpha value is 0.220. The molecule has 0 amide bonds. The Labute approximate surface area is 88.5 Å². The molecule has 3 heterocycles. The first-order chi connectivity index (χ1) is 6.30. The lowest BCUT2D eigenvalue weighted by Crippen LogP contribution is -2.46. The van der Waals surface area contributed by atoms with Gasteiger partial charge in [-0.2, -0.15) is 21.0 Å². The topological polar surface area (TPSA) is 52.6 Å². The molecule has 0 aromatic heterocycles. The van der Waals surface area contributed by atoms with Crippen LogP contribution in [0.2, 0.25) is 0 Å². The monoisotopic (exact) mass is 236 g/mol. The molecule has 5 atom stereocenters. The number of rotatable bonds is 0. The molecule has 3 aliphatic rings. The van der Waals surface area contributed by atoms with Gasteiger partial charge in [-0.25, -0.2) is 0 Å². The summed E-state index contributed by atoms with van der Waals surface area (Å²) in [5.74, 6) is 0. The summed E-state index contributed by atoms with van der Waals surface area (Å²) in [7, 11) is -3.43. The van der Waals surface area contributed by atoms with Gasteiger partial charge in [0.25, 0.3) is 10.1 Å². The fraction of sp³-hybridized carbons (Fsp3) is 1.00. The normalized spacial score (nSPS) is 63.5. The fourth-order valence-electron chi connectivity index (χ4n) is 2.99. The molecule has 3 rings (SSSR count). The van der Waals surface area contributed by atoms with Crippen LogP contribution < -0.4 is 0 Å².